The second-order valence-corrected chi connectivity index (χ2v) is 3.58. The van der Waals surface area contributed by atoms with Gasteiger partial charge in [0.1, 0.15) is 0 Å². The van der Waals surface area contributed by atoms with E-state index in [2.05, 4.69) is 10.4 Å². The molecule has 0 fully saturated rings. The van der Waals surface area contributed by atoms with Crippen molar-refractivity contribution < 1.29 is 4.79 Å². The van der Waals surface area contributed by atoms with Crippen LogP contribution in [0.2, 0.25) is 0 Å². The van der Waals surface area contributed by atoms with Gasteiger partial charge in [-0.15, -0.1) is 0 Å². The van der Waals surface area contributed by atoms with Crippen molar-refractivity contribution in [2.24, 2.45) is 7.05 Å². The van der Waals surface area contributed by atoms with Crippen LogP contribution in [0.3, 0.4) is 0 Å². The van der Waals surface area contributed by atoms with Crippen LogP contribution in [0.1, 0.15) is 6.92 Å². The maximum Gasteiger partial charge on any atom is 0.221 e. The van der Waals surface area contributed by atoms with Crippen LogP contribution < -0.4 is 5.32 Å². The molecule has 1 aromatic heterocycles. The molecule has 0 radical (unpaired) electrons. The summed E-state index contributed by atoms with van der Waals surface area (Å²) in [6.07, 6.45) is 1.66. The van der Waals surface area contributed by atoms with Gasteiger partial charge in [-0.2, -0.15) is 5.10 Å². The van der Waals surface area contributed by atoms with Crippen molar-refractivity contribution in [1.82, 2.24) is 9.78 Å². The first-order valence-corrected chi connectivity index (χ1v) is 5.03. The number of aromatic nitrogens is 2. The van der Waals surface area contributed by atoms with Crippen LogP contribution in [0.15, 0.2) is 36.5 Å². The Bertz CT molecular complexity index is 502. The molecule has 0 saturated carbocycles. The molecule has 1 heterocycles. The Hall–Kier alpha value is -2.10. The van der Waals surface area contributed by atoms with Crippen LogP contribution in [0.25, 0.3) is 11.3 Å². The van der Waals surface area contributed by atoms with Crippen LogP contribution in [0.4, 0.5) is 5.69 Å². The fourth-order valence-electron chi connectivity index (χ4n) is 1.66. The second kappa shape index (κ2) is 4.18. The van der Waals surface area contributed by atoms with E-state index < -0.39 is 0 Å². The minimum Gasteiger partial charge on any atom is -0.323 e. The van der Waals surface area contributed by atoms with Gasteiger partial charge in [-0.1, -0.05) is 30.3 Å². The van der Waals surface area contributed by atoms with Crippen molar-refractivity contribution in [1.29, 1.82) is 0 Å². The van der Waals surface area contributed by atoms with E-state index >= 15 is 0 Å². The molecule has 0 spiro atoms. The molecule has 16 heavy (non-hydrogen) atoms. The van der Waals surface area contributed by atoms with Gasteiger partial charge in [0, 0.05) is 19.5 Å². The molecule has 2 rings (SSSR count). The monoisotopic (exact) mass is 215 g/mol. The molecule has 0 aliphatic rings. The smallest absolute Gasteiger partial charge is 0.221 e. The van der Waals surface area contributed by atoms with Crippen LogP contribution in [0.5, 0.6) is 0 Å². The number of carbonyl (C=O) groups is 1. The number of rotatable bonds is 2. The minimum atomic E-state index is -0.0924. The number of aryl methyl sites for hydroxylation is 1. The van der Waals surface area contributed by atoms with E-state index in [1.54, 1.807) is 10.9 Å². The molecule has 1 N–H and O–H groups in total. The molecule has 82 valence electrons. The van der Waals surface area contributed by atoms with Crippen molar-refractivity contribution in [2.45, 2.75) is 6.92 Å². The Labute approximate surface area is 93.9 Å². The summed E-state index contributed by atoms with van der Waals surface area (Å²) in [5.41, 5.74) is 2.68. The first kappa shape index (κ1) is 10.4. The normalized spacial score (nSPS) is 10.1. The van der Waals surface area contributed by atoms with E-state index in [0.717, 1.165) is 16.9 Å². The second-order valence-electron chi connectivity index (χ2n) is 3.58. The van der Waals surface area contributed by atoms with Gasteiger partial charge in [-0.05, 0) is 0 Å². The number of nitrogens with zero attached hydrogens (tertiary/aromatic N) is 2. The third kappa shape index (κ3) is 1.95. The first-order chi connectivity index (χ1) is 7.68. The number of nitrogens with one attached hydrogen (secondary N) is 1. The molecular weight excluding hydrogens is 202 g/mol. The molecular formula is C12H13N3O. The van der Waals surface area contributed by atoms with Gasteiger partial charge in [-0.3, -0.25) is 9.48 Å². The molecule has 0 bridgehead atoms. The third-order valence-corrected chi connectivity index (χ3v) is 2.30. The Morgan fingerprint density at radius 1 is 1.31 bits per heavy atom. The predicted octanol–water partition coefficient (Wildman–Crippen LogP) is 2.05. The summed E-state index contributed by atoms with van der Waals surface area (Å²) in [5.74, 6) is -0.0924. The number of hydrogen-bond acceptors (Lipinski definition) is 2. The highest BCUT2D eigenvalue weighted by Gasteiger charge is 2.10. The van der Waals surface area contributed by atoms with Gasteiger partial charge in [0.05, 0.1) is 17.6 Å². The van der Waals surface area contributed by atoms with Crippen LogP contribution in [0, 0.1) is 0 Å². The van der Waals surface area contributed by atoms with Gasteiger partial charge in [0.25, 0.3) is 0 Å². The zero-order chi connectivity index (χ0) is 11.5. The molecule has 0 atom stereocenters. The number of hydrogen-bond donors (Lipinski definition) is 1. The highest BCUT2D eigenvalue weighted by atomic mass is 16.1. The van der Waals surface area contributed by atoms with Gasteiger partial charge in [0.2, 0.25) is 5.91 Å². The maximum absolute atomic E-state index is 11.1. The summed E-state index contributed by atoms with van der Waals surface area (Å²) in [7, 11) is 1.85. The molecule has 2 aromatic rings. The lowest BCUT2D eigenvalue weighted by molar-refractivity contribution is -0.114. The number of anilines is 1. The summed E-state index contributed by atoms with van der Waals surface area (Å²) < 4.78 is 1.75. The van der Waals surface area contributed by atoms with E-state index in [-0.39, 0.29) is 5.91 Å². The van der Waals surface area contributed by atoms with E-state index in [4.69, 9.17) is 0 Å². The number of benzene rings is 1. The van der Waals surface area contributed by atoms with Gasteiger partial charge >= 0.3 is 0 Å². The molecule has 1 amide bonds. The van der Waals surface area contributed by atoms with Gasteiger partial charge in [-0.25, -0.2) is 0 Å². The lowest BCUT2D eigenvalue weighted by atomic mass is 10.1. The highest BCUT2D eigenvalue weighted by molar-refractivity contribution is 5.93. The fraction of sp³-hybridized carbons (Fsp3) is 0.167. The van der Waals surface area contributed by atoms with Crippen LogP contribution >= 0.6 is 0 Å². The Morgan fingerprint density at radius 3 is 2.62 bits per heavy atom. The average molecular weight is 215 g/mol. The molecule has 0 aliphatic carbocycles. The standard InChI is InChI=1S/C12H13N3O/c1-9(16)14-11-8-13-15(2)12(11)10-6-4-3-5-7-10/h3-8H,1-2H3,(H,14,16). The number of carbonyl (C=O) groups excluding carboxylic acids is 1. The Balaban J connectivity index is 2.47. The quantitative estimate of drug-likeness (QED) is 0.833. The molecule has 0 unspecified atom stereocenters. The van der Waals surface area contributed by atoms with E-state index in [1.165, 1.54) is 6.92 Å². The lowest BCUT2D eigenvalue weighted by Gasteiger charge is -2.06. The highest BCUT2D eigenvalue weighted by Crippen LogP contribution is 2.26. The minimum absolute atomic E-state index is 0.0924. The molecule has 1 aromatic carbocycles. The largest absolute Gasteiger partial charge is 0.323 e. The molecule has 0 aliphatic heterocycles. The van der Waals surface area contributed by atoms with Crippen molar-refractivity contribution >= 4 is 11.6 Å². The third-order valence-electron chi connectivity index (χ3n) is 2.30. The van der Waals surface area contributed by atoms with Crippen molar-refractivity contribution in [3.05, 3.63) is 36.5 Å². The maximum atomic E-state index is 11.1. The van der Waals surface area contributed by atoms with Crippen molar-refractivity contribution in [3.8, 4) is 11.3 Å². The molecule has 0 saturated heterocycles. The van der Waals surface area contributed by atoms with Gasteiger partial charge in [0.15, 0.2) is 0 Å². The van der Waals surface area contributed by atoms with E-state index in [0.29, 0.717) is 0 Å². The average Bonchev–Trinajstić information content (AvgIpc) is 2.60. The summed E-state index contributed by atoms with van der Waals surface area (Å²) in [5, 5.41) is 6.92. The fourth-order valence-corrected chi connectivity index (χ4v) is 1.66. The summed E-state index contributed by atoms with van der Waals surface area (Å²) in [6.45, 7) is 1.49. The Morgan fingerprint density at radius 2 is 2.00 bits per heavy atom. The zero-order valence-corrected chi connectivity index (χ0v) is 9.27. The van der Waals surface area contributed by atoms with E-state index in [1.807, 2.05) is 37.4 Å². The zero-order valence-electron chi connectivity index (χ0n) is 9.27. The predicted molar refractivity (Wildman–Crippen MR) is 62.9 cm³/mol. The lowest BCUT2D eigenvalue weighted by Crippen LogP contribution is -2.06. The van der Waals surface area contributed by atoms with Gasteiger partial charge < -0.3 is 5.32 Å². The molecule has 4 nitrogen and oxygen atoms in total. The summed E-state index contributed by atoms with van der Waals surface area (Å²) >= 11 is 0. The Kier molecular flexibility index (Phi) is 2.72. The summed E-state index contributed by atoms with van der Waals surface area (Å²) in [4.78, 5) is 11.1. The summed E-state index contributed by atoms with van der Waals surface area (Å²) in [6, 6.07) is 9.85. The first-order valence-electron chi connectivity index (χ1n) is 5.03. The SMILES string of the molecule is CC(=O)Nc1cnn(C)c1-c1ccccc1. The molecule has 4 heteroatoms. The van der Waals surface area contributed by atoms with Crippen LogP contribution in [-0.4, -0.2) is 15.7 Å². The number of amides is 1. The van der Waals surface area contributed by atoms with E-state index in [9.17, 15) is 4.79 Å². The topological polar surface area (TPSA) is 46.9 Å². The van der Waals surface area contributed by atoms with Crippen molar-refractivity contribution in [2.75, 3.05) is 5.32 Å². The van der Waals surface area contributed by atoms with Crippen molar-refractivity contribution in [3.63, 3.8) is 0 Å². The van der Waals surface area contributed by atoms with Crippen LogP contribution in [-0.2, 0) is 11.8 Å².